The molecule has 0 amide bonds. The Morgan fingerprint density at radius 2 is 2.17 bits per heavy atom. The molecule has 2 heterocycles. The van der Waals surface area contributed by atoms with Crippen molar-refractivity contribution in [2.24, 2.45) is 0 Å². The number of sulfone groups is 1. The lowest BCUT2D eigenvalue weighted by atomic mass is 10.2. The average molecular weight is 357 g/mol. The minimum Gasteiger partial charge on any atom is -0.378 e. The Bertz CT molecular complexity index is 652. The van der Waals surface area contributed by atoms with Crippen molar-refractivity contribution in [1.29, 1.82) is 0 Å². The van der Waals surface area contributed by atoms with E-state index < -0.39 is 9.84 Å². The fourth-order valence-electron chi connectivity index (χ4n) is 2.96. The number of ether oxygens (including phenoxy) is 1. The molecule has 3 atom stereocenters. The Morgan fingerprint density at radius 1 is 1.46 bits per heavy atom. The van der Waals surface area contributed by atoms with Crippen molar-refractivity contribution in [3.8, 4) is 0 Å². The van der Waals surface area contributed by atoms with Crippen molar-refractivity contribution in [2.75, 3.05) is 56.1 Å². The van der Waals surface area contributed by atoms with Crippen LogP contribution in [0.1, 0.15) is 6.92 Å². The molecule has 1 fully saturated rings. The first-order valence-corrected chi connectivity index (χ1v) is 9.97. The zero-order valence-electron chi connectivity index (χ0n) is 14.9. The molecule has 1 aromatic rings. The maximum absolute atomic E-state index is 11.5. The largest absolute Gasteiger partial charge is 0.378 e. The topological polar surface area (TPSA) is 87.7 Å². The lowest BCUT2D eigenvalue weighted by Crippen LogP contribution is -2.47. The van der Waals surface area contributed by atoms with E-state index in [2.05, 4.69) is 20.2 Å². The van der Waals surface area contributed by atoms with Gasteiger partial charge in [-0.1, -0.05) is 0 Å². The molecule has 2 rings (SSSR count). The summed E-state index contributed by atoms with van der Waals surface area (Å²) in [5, 5.41) is 3.37. The molecule has 1 saturated heterocycles. The first kappa shape index (κ1) is 18.9. The molecule has 1 N–H and O–H groups in total. The van der Waals surface area contributed by atoms with Gasteiger partial charge in [0, 0.05) is 52.8 Å². The molecule has 1 aliphatic heterocycles. The van der Waals surface area contributed by atoms with Crippen molar-refractivity contribution >= 4 is 21.6 Å². The number of nitrogens with one attached hydrogen (secondary N) is 1. The first-order chi connectivity index (χ1) is 11.2. The Kier molecular flexibility index (Phi) is 6.00. The summed E-state index contributed by atoms with van der Waals surface area (Å²) in [5.41, 5.74) is 0. The van der Waals surface area contributed by atoms with Gasteiger partial charge in [0.2, 0.25) is 5.95 Å². The molecule has 0 radical (unpaired) electrons. The minimum atomic E-state index is -3.01. The van der Waals surface area contributed by atoms with Crippen LogP contribution >= 0.6 is 0 Å². The van der Waals surface area contributed by atoms with Crippen LogP contribution in [0.2, 0.25) is 0 Å². The number of methoxy groups -OCH3 is 1. The molecule has 9 heteroatoms. The number of aromatic nitrogens is 2. The Morgan fingerprint density at radius 3 is 2.75 bits per heavy atom. The molecular formula is C15H27N5O3S. The van der Waals surface area contributed by atoms with Crippen LogP contribution in [0.3, 0.4) is 0 Å². The first-order valence-electron chi connectivity index (χ1n) is 7.91. The molecule has 1 unspecified atom stereocenters. The van der Waals surface area contributed by atoms with E-state index in [-0.39, 0.29) is 23.9 Å². The summed E-state index contributed by atoms with van der Waals surface area (Å²) in [7, 11) is 2.46. The molecule has 0 spiro atoms. The lowest BCUT2D eigenvalue weighted by molar-refractivity contribution is 0.0947. The zero-order chi connectivity index (χ0) is 17.9. The highest BCUT2D eigenvalue weighted by Crippen LogP contribution is 2.21. The van der Waals surface area contributed by atoms with Crippen molar-refractivity contribution < 1.29 is 13.2 Å². The van der Waals surface area contributed by atoms with Crippen molar-refractivity contribution in [3.05, 3.63) is 12.3 Å². The van der Waals surface area contributed by atoms with Gasteiger partial charge in [-0.25, -0.2) is 13.4 Å². The van der Waals surface area contributed by atoms with Gasteiger partial charge in [-0.05, 0) is 13.0 Å². The van der Waals surface area contributed by atoms with Crippen LogP contribution in [0.15, 0.2) is 12.3 Å². The second-order valence-corrected chi connectivity index (χ2v) is 8.74. The van der Waals surface area contributed by atoms with E-state index in [0.29, 0.717) is 19.0 Å². The Hall–Kier alpha value is -1.45. The molecule has 0 saturated carbocycles. The molecular weight excluding hydrogens is 330 g/mol. The lowest BCUT2D eigenvalue weighted by Gasteiger charge is -2.22. The van der Waals surface area contributed by atoms with E-state index in [1.807, 2.05) is 32.0 Å². The third-order valence-corrected chi connectivity index (χ3v) is 5.08. The van der Waals surface area contributed by atoms with Crippen LogP contribution in [0, 0.1) is 0 Å². The predicted octanol–water partition coefficient (Wildman–Crippen LogP) is -0.231. The van der Waals surface area contributed by atoms with Gasteiger partial charge in [-0.2, -0.15) is 4.98 Å². The smallest absolute Gasteiger partial charge is 0.226 e. The van der Waals surface area contributed by atoms with Gasteiger partial charge in [0.25, 0.3) is 0 Å². The minimum absolute atomic E-state index is 0.0234. The van der Waals surface area contributed by atoms with Gasteiger partial charge in [0.1, 0.15) is 15.7 Å². The van der Waals surface area contributed by atoms with Crippen LogP contribution in [-0.4, -0.2) is 82.9 Å². The van der Waals surface area contributed by atoms with Crippen molar-refractivity contribution in [1.82, 2.24) is 15.3 Å². The van der Waals surface area contributed by atoms with E-state index in [0.717, 1.165) is 5.82 Å². The van der Waals surface area contributed by atoms with Gasteiger partial charge >= 0.3 is 0 Å². The molecule has 0 aliphatic carbocycles. The highest BCUT2D eigenvalue weighted by molar-refractivity contribution is 7.90. The van der Waals surface area contributed by atoms with E-state index in [1.165, 1.54) is 6.26 Å². The standard InChI is InChI=1S/C15H27N5O3S/c1-11(10-24(5,21)22)17-12-8-20(9-13(12)23-4)14-6-7-16-15(18-14)19(2)3/h6-7,11-13,17H,8-10H2,1-5H3/t11?,12-,13+/m0/s1. The monoisotopic (exact) mass is 357 g/mol. The van der Waals surface area contributed by atoms with Gasteiger partial charge in [-0.15, -0.1) is 0 Å². The molecule has 0 bridgehead atoms. The Balaban J connectivity index is 2.07. The van der Waals surface area contributed by atoms with Gasteiger partial charge in [0.05, 0.1) is 17.9 Å². The number of hydrogen-bond donors (Lipinski definition) is 1. The molecule has 1 aromatic heterocycles. The van der Waals surface area contributed by atoms with Gasteiger partial charge in [-0.3, -0.25) is 0 Å². The SMILES string of the molecule is CO[C@@H]1CN(c2ccnc(N(C)C)n2)C[C@@H]1NC(C)CS(C)(=O)=O. The highest BCUT2D eigenvalue weighted by atomic mass is 32.2. The van der Waals surface area contributed by atoms with E-state index >= 15 is 0 Å². The van der Waals surface area contributed by atoms with Crippen LogP contribution in [0.5, 0.6) is 0 Å². The molecule has 24 heavy (non-hydrogen) atoms. The predicted molar refractivity (Wildman–Crippen MR) is 95.5 cm³/mol. The van der Waals surface area contributed by atoms with E-state index in [4.69, 9.17) is 4.74 Å². The summed E-state index contributed by atoms with van der Waals surface area (Å²) in [6.07, 6.45) is 2.97. The van der Waals surface area contributed by atoms with E-state index in [9.17, 15) is 8.42 Å². The summed E-state index contributed by atoms with van der Waals surface area (Å²) in [6.45, 7) is 3.28. The van der Waals surface area contributed by atoms with Crippen LogP contribution in [0.4, 0.5) is 11.8 Å². The maximum atomic E-state index is 11.5. The summed E-state index contributed by atoms with van der Waals surface area (Å²) < 4.78 is 28.5. The number of rotatable bonds is 7. The molecule has 8 nitrogen and oxygen atoms in total. The van der Waals surface area contributed by atoms with Gasteiger partial charge in [0.15, 0.2) is 0 Å². The quantitative estimate of drug-likeness (QED) is 0.716. The van der Waals surface area contributed by atoms with Crippen LogP contribution in [-0.2, 0) is 14.6 Å². The number of hydrogen-bond acceptors (Lipinski definition) is 8. The van der Waals surface area contributed by atoms with E-state index in [1.54, 1.807) is 13.3 Å². The third-order valence-electron chi connectivity index (χ3n) is 3.97. The zero-order valence-corrected chi connectivity index (χ0v) is 15.7. The number of nitrogens with zero attached hydrogens (tertiary/aromatic N) is 4. The summed E-state index contributed by atoms with van der Waals surface area (Å²) >= 11 is 0. The van der Waals surface area contributed by atoms with Crippen LogP contribution < -0.4 is 15.1 Å². The normalized spacial score (nSPS) is 22.6. The van der Waals surface area contributed by atoms with Crippen molar-refractivity contribution in [2.45, 2.75) is 25.1 Å². The third kappa shape index (κ3) is 5.02. The fraction of sp³-hybridized carbons (Fsp3) is 0.733. The van der Waals surface area contributed by atoms with Gasteiger partial charge < -0.3 is 19.9 Å². The highest BCUT2D eigenvalue weighted by Gasteiger charge is 2.34. The maximum Gasteiger partial charge on any atom is 0.226 e. The Labute approximate surface area is 144 Å². The summed E-state index contributed by atoms with van der Waals surface area (Å²) in [4.78, 5) is 12.8. The second kappa shape index (κ2) is 7.62. The fourth-order valence-corrected chi connectivity index (χ4v) is 3.96. The molecule has 0 aromatic carbocycles. The van der Waals surface area contributed by atoms with Crippen molar-refractivity contribution in [3.63, 3.8) is 0 Å². The average Bonchev–Trinajstić information content (AvgIpc) is 2.88. The summed E-state index contributed by atoms with van der Waals surface area (Å²) in [6, 6.07) is 1.79. The second-order valence-electron chi connectivity index (χ2n) is 6.56. The van der Waals surface area contributed by atoms with Crippen LogP contribution in [0.25, 0.3) is 0 Å². The molecule has 136 valence electrons. The molecule has 1 aliphatic rings. The summed E-state index contributed by atoms with van der Waals surface area (Å²) in [5.74, 6) is 1.61. The number of anilines is 2.